The molecule has 0 fully saturated rings. The molecule has 4 aromatic carbocycles. The van der Waals surface area contributed by atoms with Gasteiger partial charge in [0, 0.05) is 39.5 Å². The van der Waals surface area contributed by atoms with Crippen molar-refractivity contribution < 1.29 is 0 Å². The Balaban J connectivity index is 1.14. The van der Waals surface area contributed by atoms with Crippen LogP contribution >= 0.6 is 0 Å². The van der Waals surface area contributed by atoms with Gasteiger partial charge < -0.3 is 4.57 Å². The summed E-state index contributed by atoms with van der Waals surface area (Å²) in [6, 6.07) is 38.7. The van der Waals surface area contributed by atoms with Crippen LogP contribution in [0.4, 0.5) is 0 Å². The summed E-state index contributed by atoms with van der Waals surface area (Å²) in [4.78, 5) is 5.03. The summed E-state index contributed by atoms with van der Waals surface area (Å²) in [5.41, 5.74) is 13.3. The summed E-state index contributed by atoms with van der Waals surface area (Å²) in [6.45, 7) is 19.5. The van der Waals surface area contributed by atoms with E-state index in [0.29, 0.717) is 11.3 Å². The molecule has 0 N–H and O–H groups in total. The standard InChI is InChI=1S/C47H56N2/c1-33(2)32-49-44-27-19-35(30-40(44)41-31-36(20-28-45(41)49)14-11-29-46(3,4)5)13-9-12-34-17-21-37(22-18-34)42-15-10-16-43(48-42)38-23-25-39(26-24-38)47(6,7)8/h10,15-28,30-31,33H,9,11-14,29,32H2,1-8H3. The maximum Gasteiger partial charge on any atom is 0.0709 e. The van der Waals surface area contributed by atoms with Crippen LogP contribution < -0.4 is 0 Å². The van der Waals surface area contributed by atoms with Crippen molar-refractivity contribution in [3.8, 4) is 22.5 Å². The van der Waals surface area contributed by atoms with Crippen molar-refractivity contribution in [2.45, 2.75) is 106 Å². The average Bonchev–Trinajstić information content (AvgIpc) is 3.35. The fourth-order valence-electron chi connectivity index (χ4n) is 7.13. The molecule has 2 heterocycles. The predicted octanol–water partition coefficient (Wildman–Crippen LogP) is 13.0. The van der Waals surface area contributed by atoms with Gasteiger partial charge in [-0.05, 0) is 114 Å². The zero-order valence-corrected chi connectivity index (χ0v) is 31.2. The average molecular weight is 649 g/mol. The summed E-state index contributed by atoms with van der Waals surface area (Å²) < 4.78 is 2.55. The topological polar surface area (TPSA) is 17.8 Å². The highest BCUT2D eigenvalue weighted by atomic mass is 15.0. The number of aryl methyl sites for hydroxylation is 3. The highest BCUT2D eigenvalue weighted by Crippen LogP contribution is 2.33. The van der Waals surface area contributed by atoms with Gasteiger partial charge in [-0.15, -0.1) is 0 Å². The molecule has 0 unspecified atom stereocenters. The van der Waals surface area contributed by atoms with Crippen LogP contribution in [-0.4, -0.2) is 9.55 Å². The van der Waals surface area contributed by atoms with Gasteiger partial charge in [0.1, 0.15) is 0 Å². The first-order valence-electron chi connectivity index (χ1n) is 18.6. The smallest absolute Gasteiger partial charge is 0.0709 e. The van der Waals surface area contributed by atoms with Crippen molar-refractivity contribution in [3.63, 3.8) is 0 Å². The zero-order valence-electron chi connectivity index (χ0n) is 31.2. The van der Waals surface area contributed by atoms with Crippen LogP contribution in [0.5, 0.6) is 0 Å². The van der Waals surface area contributed by atoms with E-state index in [1.807, 2.05) is 0 Å². The van der Waals surface area contributed by atoms with E-state index in [4.69, 9.17) is 4.98 Å². The van der Waals surface area contributed by atoms with Crippen LogP contribution in [0, 0.1) is 11.3 Å². The number of fused-ring (bicyclic) bond motifs is 3. The summed E-state index contributed by atoms with van der Waals surface area (Å²) in [6.07, 6.45) is 6.92. The number of pyridine rings is 1. The van der Waals surface area contributed by atoms with Crippen LogP contribution in [0.25, 0.3) is 44.3 Å². The van der Waals surface area contributed by atoms with E-state index in [1.54, 1.807) is 0 Å². The fourth-order valence-corrected chi connectivity index (χ4v) is 7.13. The van der Waals surface area contributed by atoms with Gasteiger partial charge in [-0.1, -0.05) is 122 Å². The molecule has 0 saturated heterocycles. The van der Waals surface area contributed by atoms with E-state index in [0.717, 1.165) is 54.7 Å². The molecule has 2 aromatic heterocycles. The molecule has 49 heavy (non-hydrogen) atoms. The van der Waals surface area contributed by atoms with Gasteiger partial charge >= 0.3 is 0 Å². The Hall–Kier alpha value is -4.17. The van der Waals surface area contributed by atoms with Gasteiger partial charge in [0.05, 0.1) is 11.4 Å². The number of hydrogen-bond donors (Lipinski definition) is 0. The molecular weight excluding hydrogens is 593 g/mol. The fraction of sp³-hybridized carbons (Fsp3) is 0.383. The Morgan fingerprint density at radius 3 is 1.57 bits per heavy atom. The number of nitrogens with zero attached hydrogens (tertiary/aromatic N) is 2. The molecule has 0 aliphatic carbocycles. The van der Waals surface area contributed by atoms with Crippen LogP contribution in [0.1, 0.15) is 96.9 Å². The SMILES string of the molecule is CC(C)Cn1c2ccc(CCCc3ccc(-c4cccc(-c5ccc(C(C)(C)C)cc5)n4)cc3)cc2c2cc(CCCC(C)(C)C)ccc21. The second kappa shape index (κ2) is 14.4. The molecule has 6 aromatic rings. The maximum atomic E-state index is 5.03. The number of rotatable bonds is 11. The van der Waals surface area contributed by atoms with Gasteiger partial charge in [-0.3, -0.25) is 0 Å². The van der Waals surface area contributed by atoms with Crippen molar-refractivity contribution in [2.24, 2.45) is 11.3 Å². The maximum absolute atomic E-state index is 5.03. The Bertz CT molecular complexity index is 2010. The third kappa shape index (κ3) is 8.53. The van der Waals surface area contributed by atoms with Gasteiger partial charge in [0.2, 0.25) is 0 Å². The van der Waals surface area contributed by atoms with Crippen LogP contribution in [-0.2, 0) is 31.2 Å². The number of aromatic nitrogens is 2. The summed E-state index contributed by atoms with van der Waals surface area (Å²) in [5.74, 6) is 0.599. The van der Waals surface area contributed by atoms with E-state index in [9.17, 15) is 0 Å². The molecule has 254 valence electrons. The molecule has 0 aliphatic heterocycles. The molecular formula is C47H56N2. The van der Waals surface area contributed by atoms with Gasteiger partial charge in [-0.25, -0.2) is 4.98 Å². The molecule has 0 radical (unpaired) electrons. The van der Waals surface area contributed by atoms with Crippen molar-refractivity contribution in [1.29, 1.82) is 0 Å². The molecule has 2 nitrogen and oxygen atoms in total. The Morgan fingerprint density at radius 1 is 0.571 bits per heavy atom. The first-order valence-corrected chi connectivity index (χ1v) is 18.6. The van der Waals surface area contributed by atoms with E-state index in [1.165, 1.54) is 56.9 Å². The lowest BCUT2D eigenvalue weighted by Gasteiger charge is -2.19. The minimum Gasteiger partial charge on any atom is -0.340 e. The van der Waals surface area contributed by atoms with Crippen molar-refractivity contribution >= 4 is 21.8 Å². The third-order valence-corrected chi connectivity index (χ3v) is 9.91. The highest BCUT2D eigenvalue weighted by molar-refractivity contribution is 6.08. The van der Waals surface area contributed by atoms with Gasteiger partial charge in [-0.2, -0.15) is 0 Å². The van der Waals surface area contributed by atoms with Crippen LogP contribution in [0.2, 0.25) is 0 Å². The van der Waals surface area contributed by atoms with Gasteiger partial charge in [0.25, 0.3) is 0 Å². The molecule has 0 saturated carbocycles. The molecule has 0 amide bonds. The first-order chi connectivity index (χ1) is 23.3. The molecule has 0 bridgehead atoms. The van der Waals surface area contributed by atoms with E-state index < -0.39 is 0 Å². The lowest BCUT2D eigenvalue weighted by atomic mass is 9.86. The van der Waals surface area contributed by atoms with Crippen LogP contribution in [0.3, 0.4) is 0 Å². The second-order valence-electron chi connectivity index (χ2n) is 16.9. The molecule has 0 aliphatic rings. The first kappa shape index (κ1) is 34.7. The molecule has 0 spiro atoms. The second-order valence-corrected chi connectivity index (χ2v) is 16.9. The minimum absolute atomic E-state index is 0.147. The lowest BCUT2D eigenvalue weighted by molar-refractivity contribution is 0.365. The zero-order chi connectivity index (χ0) is 34.8. The van der Waals surface area contributed by atoms with E-state index in [2.05, 4.69) is 163 Å². The van der Waals surface area contributed by atoms with E-state index in [-0.39, 0.29) is 5.41 Å². The summed E-state index contributed by atoms with van der Waals surface area (Å²) in [5, 5.41) is 2.83. The van der Waals surface area contributed by atoms with Gasteiger partial charge in [0.15, 0.2) is 0 Å². The number of hydrogen-bond acceptors (Lipinski definition) is 1. The monoisotopic (exact) mass is 648 g/mol. The predicted molar refractivity (Wildman–Crippen MR) is 213 cm³/mol. The Labute approximate surface area is 295 Å². The van der Waals surface area contributed by atoms with Crippen molar-refractivity contribution in [1.82, 2.24) is 9.55 Å². The van der Waals surface area contributed by atoms with E-state index >= 15 is 0 Å². The molecule has 2 heteroatoms. The Morgan fingerprint density at radius 2 is 1.06 bits per heavy atom. The quantitative estimate of drug-likeness (QED) is 0.137. The summed E-state index contributed by atoms with van der Waals surface area (Å²) >= 11 is 0. The van der Waals surface area contributed by atoms with Crippen molar-refractivity contribution in [2.75, 3.05) is 0 Å². The minimum atomic E-state index is 0.147. The largest absolute Gasteiger partial charge is 0.340 e. The molecule has 6 rings (SSSR count). The highest BCUT2D eigenvalue weighted by Gasteiger charge is 2.16. The lowest BCUT2D eigenvalue weighted by Crippen LogP contribution is -2.10. The number of benzene rings is 4. The van der Waals surface area contributed by atoms with Crippen molar-refractivity contribution in [3.05, 3.63) is 125 Å². The summed E-state index contributed by atoms with van der Waals surface area (Å²) in [7, 11) is 0. The third-order valence-electron chi connectivity index (χ3n) is 9.91. The Kier molecular flexibility index (Phi) is 10.2. The normalized spacial score (nSPS) is 12.4. The molecule has 0 atom stereocenters. The van der Waals surface area contributed by atoms with Crippen LogP contribution in [0.15, 0.2) is 103 Å².